The molecule has 2 heterocycles. The van der Waals surface area contributed by atoms with Crippen molar-refractivity contribution in [1.29, 1.82) is 0 Å². The molecule has 10 heteroatoms. The molecule has 0 aliphatic rings. The first kappa shape index (κ1) is 15.0. The summed E-state index contributed by atoms with van der Waals surface area (Å²) in [5.74, 6) is -0.771. The maximum atomic E-state index is 12.3. The molecule has 2 aromatic heterocycles. The number of hydrogen-bond acceptors (Lipinski definition) is 5. The van der Waals surface area contributed by atoms with Crippen molar-refractivity contribution in [3.05, 3.63) is 18.1 Å². The van der Waals surface area contributed by atoms with E-state index in [0.717, 1.165) is 11.8 Å². The first-order valence-corrected chi connectivity index (χ1v) is 5.89. The molecule has 0 fully saturated rings. The summed E-state index contributed by atoms with van der Waals surface area (Å²) < 4.78 is 44.1. The molecule has 0 unspecified atom stereocenters. The van der Waals surface area contributed by atoms with Crippen LogP contribution in [0.4, 0.5) is 13.2 Å². The average molecular weight is 303 g/mol. The lowest BCUT2D eigenvalue weighted by molar-refractivity contribution is -0.137. The van der Waals surface area contributed by atoms with E-state index in [4.69, 9.17) is 0 Å². The van der Waals surface area contributed by atoms with Crippen LogP contribution in [0, 0.1) is 0 Å². The zero-order chi connectivity index (χ0) is 15.6. The van der Waals surface area contributed by atoms with Crippen molar-refractivity contribution < 1.29 is 22.7 Å². The Balaban J connectivity index is 2.41. The second kappa shape index (κ2) is 5.54. The largest absolute Gasteiger partial charge is 0.464 e. The summed E-state index contributed by atoms with van der Waals surface area (Å²) in [5.41, 5.74) is 0.442. The zero-order valence-electron chi connectivity index (χ0n) is 11.3. The summed E-state index contributed by atoms with van der Waals surface area (Å²) >= 11 is 0. The van der Waals surface area contributed by atoms with Crippen LogP contribution in [-0.4, -0.2) is 44.0 Å². The fraction of sp³-hybridized carbons (Fsp3) is 0.455. The number of carbonyl (C=O) groups is 1. The lowest BCUT2D eigenvalue weighted by atomic mass is 10.2. The fourth-order valence-electron chi connectivity index (χ4n) is 1.77. The molecule has 0 atom stereocenters. The van der Waals surface area contributed by atoms with E-state index in [9.17, 15) is 18.0 Å². The highest BCUT2D eigenvalue weighted by atomic mass is 19.4. The van der Waals surface area contributed by atoms with E-state index in [1.54, 1.807) is 13.2 Å². The highest BCUT2D eigenvalue weighted by Crippen LogP contribution is 2.25. The standard InChI is InChI=1S/C11H12F3N5O2/c1-18-6-7(5-15-18)9-8(10(20)21-2)16-17-19(9)4-3-11(12,13)14/h5-6H,3-4H2,1-2H3. The summed E-state index contributed by atoms with van der Waals surface area (Å²) in [6.07, 6.45) is -2.45. The van der Waals surface area contributed by atoms with Crippen molar-refractivity contribution in [1.82, 2.24) is 24.8 Å². The zero-order valence-corrected chi connectivity index (χ0v) is 11.3. The average Bonchev–Trinajstić information content (AvgIpc) is 3.00. The second-order valence-corrected chi connectivity index (χ2v) is 4.27. The lowest BCUT2D eigenvalue weighted by Gasteiger charge is -2.08. The van der Waals surface area contributed by atoms with E-state index < -0.39 is 25.1 Å². The molecule has 0 radical (unpaired) electrons. The van der Waals surface area contributed by atoms with Crippen molar-refractivity contribution in [2.24, 2.45) is 7.05 Å². The second-order valence-electron chi connectivity index (χ2n) is 4.27. The van der Waals surface area contributed by atoms with Gasteiger partial charge in [0, 0.05) is 18.8 Å². The monoisotopic (exact) mass is 303 g/mol. The van der Waals surface area contributed by atoms with Crippen molar-refractivity contribution in [2.45, 2.75) is 19.1 Å². The minimum Gasteiger partial charge on any atom is -0.464 e. The quantitative estimate of drug-likeness (QED) is 0.799. The Hall–Kier alpha value is -2.39. The molecule has 0 aliphatic carbocycles. The number of hydrogen-bond donors (Lipinski definition) is 0. The number of nitrogens with zero attached hydrogens (tertiary/aromatic N) is 5. The van der Waals surface area contributed by atoms with E-state index >= 15 is 0 Å². The Morgan fingerprint density at radius 1 is 1.43 bits per heavy atom. The molecule has 0 bridgehead atoms. The van der Waals surface area contributed by atoms with Gasteiger partial charge in [0.25, 0.3) is 0 Å². The SMILES string of the molecule is COC(=O)c1nnn(CCC(F)(F)F)c1-c1cnn(C)c1. The maximum absolute atomic E-state index is 12.3. The summed E-state index contributed by atoms with van der Waals surface area (Å²) in [6, 6.07) is 0. The number of carbonyl (C=O) groups excluding carboxylic acids is 1. The number of esters is 1. The van der Waals surface area contributed by atoms with E-state index in [0.29, 0.717) is 5.56 Å². The van der Waals surface area contributed by atoms with Crippen LogP contribution in [-0.2, 0) is 18.3 Å². The molecule has 0 saturated heterocycles. The summed E-state index contributed by atoms with van der Waals surface area (Å²) in [5, 5.41) is 11.1. The van der Waals surface area contributed by atoms with Gasteiger partial charge in [-0.15, -0.1) is 5.10 Å². The summed E-state index contributed by atoms with van der Waals surface area (Å²) in [6.45, 7) is -0.447. The topological polar surface area (TPSA) is 74.8 Å². The number of aryl methyl sites for hydroxylation is 2. The van der Waals surface area contributed by atoms with Crippen molar-refractivity contribution in [2.75, 3.05) is 7.11 Å². The Morgan fingerprint density at radius 3 is 2.67 bits per heavy atom. The first-order valence-electron chi connectivity index (χ1n) is 5.89. The first-order chi connectivity index (χ1) is 9.81. The van der Waals surface area contributed by atoms with Gasteiger partial charge in [0.2, 0.25) is 0 Å². The highest BCUT2D eigenvalue weighted by molar-refractivity contribution is 5.93. The maximum Gasteiger partial charge on any atom is 0.390 e. The van der Waals surface area contributed by atoms with Crippen LogP contribution in [0.15, 0.2) is 12.4 Å². The minimum atomic E-state index is -4.33. The van der Waals surface area contributed by atoms with Gasteiger partial charge in [-0.05, 0) is 0 Å². The molecular weight excluding hydrogens is 291 g/mol. The highest BCUT2D eigenvalue weighted by Gasteiger charge is 2.29. The molecule has 2 rings (SSSR count). The molecule has 0 saturated carbocycles. The smallest absolute Gasteiger partial charge is 0.390 e. The van der Waals surface area contributed by atoms with Crippen LogP contribution >= 0.6 is 0 Å². The number of alkyl halides is 3. The molecule has 0 aliphatic heterocycles. The Bertz CT molecular complexity index is 647. The minimum absolute atomic E-state index is 0.146. The molecule has 0 aromatic carbocycles. The van der Waals surface area contributed by atoms with Gasteiger partial charge in [0.15, 0.2) is 5.69 Å². The van der Waals surface area contributed by atoms with Gasteiger partial charge in [0.1, 0.15) is 5.69 Å². The predicted molar refractivity (Wildman–Crippen MR) is 64.2 cm³/mol. The van der Waals surface area contributed by atoms with E-state index in [2.05, 4.69) is 20.1 Å². The molecule has 0 spiro atoms. The Kier molecular flexibility index (Phi) is 3.96. The molecule has 21 heavy (non-hydrogen) atoms. The van der Waals surface area contributed by atoms with Gasteiger partial charge in [-0.1, -0.05) is 5.21 Å². The Morgan fingerprint density at radius 2 is 2.14 bits per heavy atom. The van der Waals surface area contributed by atoms with Crippen molar-refractivity contribution in [3.63, 3.8) is 0 Å². The molecular formula is C11H12F3N5O2. The normalized spacial score (nSPS) is 11.7. The van der Waals surface area contributed by atoms with Crippen LogP contribution in [0.5, 0.6) is 0 Å². The third kappa shape index (κ3) is 3.38. The van der Waals surface area contributed by atoms with Gasteiger partial charge in [-0.2, -0.15) is 18.3 Å². The number of methoxy groups -OCH3 is 1. The molecule has 2 aromatic rings. The molecule has 0 N–H and O–H groups in total. The van der Waals surface area contributed by atoms with Crippen LogP contribution in [0.1, 0.15) is 16.9 Å². The van der Waals surface area contributed by atoms with E-state index in [-0.39, 0.29) is 11.4 Å². The lowest BCUT2D eigenvalue weighted by Crippen LogP contribution is -2.14. The molecule has 0 amide bonds. The number of ether oxygens (including phenoxy) is 1. The van der Waals surface area contributed by atoms with Crippen LogP contribution in [0.3, 0.4) is 0 Å². The van der Waals surface area contributed by atoms with E-state index in [1.807, 2.05) is 0 Å². The van der Waals surface area contributed by atoms with E-state index in [1.165, 1.54) is 10.9 Å². The predicted octanol–water partition coefficient (Wildman–Crippen LogP) is 1.42. The van der Waals surface area contributed by atoms with Gasteiger partial charge in [-0.25, -0.2) is 9.48 Å². The van der Waals surface area contributed by atoms with Gasteiger partial charge < -0.3 is 4.74 Å². The number of rotatable bonds is 4. The molecule has 114 valence electrons. The third-order valence-corrected chi connectivity index (χ3v) is 2.70. The van der Waals surface area contributed by atoms with Crippen LogP contribution < -0.4 is 0 Å². The van der Waals surface area contributed by atoms with Gasteiger partial charge >= 0.3 is 12.1 Å². The van der Waals surface area contributed by atoms with Crippen molar-refractivity contribution in [3.8, 4) is 11.3 Å². The Labute approximate surface area is 117 Å². The van der Waals surface area contributed by atoms with Crippen LogP contribution in [0.2, 0.25) is 0 Å². The summed E-state index contributed by atoms with van der Waals surface area (Å²) in [4.78, 5) is 11.6. The molecule has 7 nitrogen and oxygen atoms in total. The number of aromatic nitrogens is 5. The van der Waals surface area contributed by atoms with Gasteiger partial charge in [-0.3, -0.25) is 4.68 Å². The van der Waals surface area contributed by atoms with Gasteiger partial charge in [0.05, 0.1) is 26.3 Å². The fourth-order valence-corrected chi connectivity index (χ4v) is 1.77. The number of halogens is 3. The van der Waals surface area contributed by atoms with Crippen LogP contribution in [0.25, 0.3) is 11.3 Å². The summed E-state index contributed by atoms with van der Waals surface area (Å²) in [7, 11) is 2.80. The third-order valence-electron chi connectivity index (χ3n) is 2.70. The van der Waals surface area contributed by atoms with Crippen molar-refractivity contribution >= 4 is 5.97 Å².